The first-order valence-electron chi connectivity index (χ1n) is 26.0. The van der Waals surface area contributed by atoms with Crippen molar-refractivity contribution < 1.29 is 75.0 Å². The van der Waals surface area contributed by atoms with Crippen LogP contribution in [0.1, 0.15) is 44.1 Å². The van der Waals surface area contributed by atoms with Crippen molar-refractivity contribution in [2.24, 2.45) is 11.3 Å². The predicted octanol–water partition coefficient (Wildman–Crippen LogP) is 4.46. The predicted molar refractivity (Wildman–Crippen MR) is 271 cm³/mol. The van der Waals surface area contributed by atoms with E-state index in [2.05, 4.69) is 16.0 Å². The Morgan fingerprint density at radius 2 is 1.39 bits per heavy atom. The zero-order chi connectivity index (χ0) is 54.0. The highest BCUT2D eigenvalue weighted by Gasteiger charge is 2.47. The molecule has 2 saturated heterocycles. The molecule has 0 aliphatic carbocycles. The molecule has 3 aromatic rings. The van der Waals surface area contributed by atoms with Crippen LogP contribution in [0.15, 0.2) is 66.9 Å². The van der Waals surface area contributed by atoms with Crippen LogP contribution in [0.3, 0.4) is 0 Å². The van der Waals surface area contributed by atoms with E-state index in [1.165, 1.54) is 12.2 Å². The molecule has 420 valence electrons. The first-order valence-corrected chi connectivity index (χ1v) is 26.0. The van der Waals surface area contributed by atoms with Gasteiger partial charge < -0.3 is 68.0 Å². The third-order valence-electron chi connectivity index (χ3n) is 13.0. The number of rotatable bonds is 35. The number of halogens is 3. The van der Waals surface area contributed by atoms with Gasteiger partial charge in [-0.2, -0.15) is 0 Å². The first-order chi connectivity index (χ1) is 36.9. The molecule has 0 spiro atoms. The second kappa shape index (κ2) is 32.3. The number of nitrogens with zero attached hydrogens (tertiary/aromatic N) is 4. The average molecular weight is 1070 g/mol. The Hall–Kier alpha value is -5.50. The smallest absolute Gasteiger partial charge is 0.407 e. The minimum absolute atomic E-state index is 0.0140. The van der Waals surface area contributed by atoms with Gasteiger partial charge >= 0.3 is 12.1 Å². The van der Waals surface area contributed by atoms with Crippen molar-refractivity contribution in [3.63, 3.8) is 0 Å². The van der Waals surface area contributed by atoms with Gasteiger partial charge in [-0.3, -0.25) is 14.5 Å². The summed E-state index contributed by atoms with van der Waals surface area (Å²) in [7, 11) is 0. The molecule has 2 fully saturated rings. The van der Waals surface area contributed by atoms with E-state index in [1.54, 1.807) is 18.0 Å². The Morgan fingerprint density at radius 1 is 0.816 bits per heavy atom. The lowest BCUT2D eigenvalue weighted by molar-refractivity contribution is -0.137. The van der Waals surface area contributed by atoms with Gasteiger partial charge in [0.15, 0.2) is 0 Å². The molecule has 1 aromatic heterocycles. The molecule has 76 heavy (non-hydrogen) atoms. The van der Waals surface area contributed by atoms with Gasteiger partial charge in [0.25, 0.3) is 11.8 Å². The van der Waals surface area contributed by atoms with Crippen LogP contribution in [0.5, 0.6) is 0 Å². The summed E-state index contributed by atoms with van der Waals surface area (Å²) in [5.41, 5.74) is 0.420. The van der Waals surface area contributed by atoms with Crippen LogP contribution in [0.2, 0.25) is 0 Å². The zero-order valence-electron chi connectivity index (χ0n) is 43.6. The van der Waals surface area contributed by atoms with Crippen LogP contribution < -0.4 is 16.0 Å². The number of nitrogens with one attached hydrogen (secondary N) is 3. The van der Waals surface area contributed by atoms with Gasteiger partial charge in [0, 0.05) is 75.8 Å². The minimum Gasteiger partial charge on any atom is -0.447 e. The number of aromatic nitrogens is 2. The van der Waals surface area contributed by atoms with Gasteiger partial charge in [-0.05, 0) is 48.9 Å². The molecule has 2 aromatic carbocycles. The van der Waals surface area contributed by atoms with Gasteiger partial charge in [0.1, 0.15) is 30.2 Å². The van der Waals surface area contributed by atoms with Crippen LogP contribution >= 0.6 is 0 Å². The van der Waals surface area contributed by atoms with Crippen LogP contribution in [-0.2, 0) is 58.8 Å². The maximum atomic E-state index is 15.5. The van der Waals surface area contributed by atoms with Gasteiger partial charge in [-0.25, -0.2) is 27.7 Å². The summed E-state index contributed by atoms with van der Waals surface area (Å²) in [5.74, 6) is -2.07. The number of urea groups is 1. The Balaban J connectivity index is 0.861. The third kappa shape index (κ3) is 19.5. The number of benzene rings is 2. The normalized spacial score (nSPS) is 18.0. The van der Waals surface area contributed by atoms with E-state index < -0.39 is 53.3 Å². The van der Waals surface area contributed by atoms with E-state index in [-0.39, 0.29) is 69.1 Å². The van der Waals surface area contributed by atoms with Crippen molar-refractivity contribution in [3.8, 4) is 11.3 Å². The number of hydrogen-bond donors (Lipinski definition) is 3. The molecule has 0 radical (unpaired) electrons. The molecule has 3 aliphatic rings. The molecular weight excluding hydrogens is 1000 g/mol. The Labute approximate surface area is 442 Å². The van der Waals surface area contributed by atoms with E-state index in [1.807, 2.05) is 41.8 Å². The Morgan fingerprint density at radius 3 is 1.97 bits per heavy atom. The molecule has 0 bridgehead atoms. The molecule has 3 aliphatic heterocycles. The van der Waals surface area contributed by atoms with Crippen molar-refractivity contribution in [1.29, 1.82) is 0 Å². The highest BCUT2D eigenvalue weighted by molar-refractivity contribution is 6.12. The molecule has 6 rings (SSSR count). The number of ether oxygens (including phenoxy) is 9. The molecule has 4 atom stereocenters. The molecule has 3 N–H and O–H groups in total. The van der Waals surface area contributed by atoms with Gasteiger partial charge in [0.05, 0.1) is 117 Å². The van der Waals surface area contributed by atoms with Crippen LogP contribution in [0.25, 0.3) is 11.3 Å². The molecular formula is C53H74F3N7O13. The van der Waals surface area contributed by atoms with Gasteiger partial charge in [0.2, 0.25) is 0 Å². The Bertz CT molecular complexity index is 2260. The summed E-state index contributed by atoms with van der Waals surface area (Å²) in [6, 6.07) is 10.8. The Kier molecular flexibility index (Phi) is 25.4. The highest BCUT2D eigenvalue weighted by Crippen LogP contribution is 2.47. The summed E-state index contributed by atoms with van der Waals surface area (Å²) in [6.07, 6.45) is 3.28. The summed E-state index contributed by atoms with van der Waals surface area (Å²) in [5, 5.41) is 8.71. The second-order valence-electron chi connectivity index (χ2n) is 18.8. The first kappa shape index (κ1) is 59.7. The highest BCUT2D eigenvalue weighted by atomic mass is 19.1. The fraction of sp³-hybridized carbons (Fsp3) is 0.604. The summed E-state index contributed by atoms with van der Waals surface area (Å²) >= 11 is 0. The molecule has 23 heteroatoms. The second-order valence-corrected chi connectivity index (χ2v) is 18.8. The van der Waals surface area contributed by atoms with Gasteiger partial charge in [-0.15, -0.1) is 0 Å². The lowest BCUT2D eigenvalue weighted by Gasteiger charge is -2.46. The molecule has 20 nitrogen and oxygen atoms in total. The maximum absolute atomic E-state index is 15.5. The van der Waals surface area contributed by atoms with E-state index in [4.69, 9.17) is 47.6 Å². The van der Waals surface area contributed by atoms with E-state index in [0.717, 1.165) is 28.7 Å². The molecule has 4 heterocycles. The number of carbonyl (C=O) groups excluding carboxylic acids is 4. The van der Waals surface area contributed by atoms with Crippen LogP contribution in [0.4, 0.5) is 22.8 Å². The van der Waals surface area contributed by atoms with E-state index in [0.29, 0.717) is 124 Å². The fourth-order valence-electron chi connectivity index (χ4n) is 8.80. The number of carbonyl (C=O) groups is 4. The monoisotopic (exact) mass is 1070 g/mol. The van der Waals surface area contributed by atoms with Crippen molar-refractivity contribution in [2.45, 2.75) is 51.5 Å². The molecule has 5 amide bonds. The van der Waals surface area contributed by atoms with Crippen LogP contribution in [-0.4, -0.2) is 201 Å². The van der Waals surface area contributed by atoms with Crippen LogP contribution in [0, 0.1) is 23.0 Å². The molecule has 0 unspecified atom stereocenters. The standard InChI is InChI=1S/C53H74F3N7O13/c1-39(38-76-52(67)58-14-18-69-20-22-71-24-26-73-28-30-75-31-29-74-27-25-72-23-21-70-19-15-62-47(64)10-11-48(62)65)59-51(66)63(36-41-33-57-34-45(41)56)49(53(2)12-16-68-17-13-53)50-60-46(43-32-42(54)8-9-44(43)55)37-61(50)35-40-6-4-3-5-7-40/h3-11,32,37,39,41,45,49,57H,12-31,33-36,38H2,1-2H3,(H,58,67)(H,59,66)/t39-,41-,45-,49-/m0/s1. The average Bonchev–Trinajstić information content (AvgIpc) is 4.13. The minimum atomic E-state index is -1.23. The number of imide groups is 1. The number of alkyl halides is 1. The van der Waals surface area contributed by atoms with Crippen molar-refractivity contribution in [1.82, 2.24) is 35.3 Å². The number of amides is 5. The third-order valence-corrected chi connectivity index (χ3v) is 13.0. The lowest BCUT2D eigenvalue weighted by atomic mass is 9.74. The summed E-state index contributed by atoms with van der Waals surface area (Å²) in [4.78, 5) is 58.1. The number of imidazole rings is 1. The van der Waals surface area contributed by atoms with E-state index in [9.17, 15) is 23.6 Å². The summed E-state index contributed by atoms with van der Waals surface area (Å²) in [6.45, 7) is 10.5. The maximum Gasteiger partial charge on any atom is 0.407 e. The van der Waals surface area contributed by atoms with Crippen molar-refractivity contribution in [3.05, 3.63) is 89.9 Å². The largest absolute Gasteiger partial charge is 0.447 e. The summed E-state index contributed by atoms with van der Waals surface area (Å²) < 4.78 is 97.0. The quantitative estimate of drug-likeness (QED) is 0.0549. The zero-order valence-corrected chi connectivity index (χ0v) is 43.6. The van der Waals surface area contributed by atoms with E-state index >= 15 is 8.78 Å². The van der Waals surface area contributed by atoms with Crippen molar-refractivity contribution >= 4 is 23.9 Å². The van der Waals surface area contributed by atoms with Gasteiger partial charge in [-0.1, -0.05) is 37.3 Å². The topological polar surface area (TPSA) is 212 Å². The van der Waals surface area contributed by atoms with Crippen molar-refractivity contribution in [2.75, 3.05) is 145 Å². The number of hydrogen-bond acceptors (Lipinski definition) is 15. The SMILES string of the molecule is C[C@@H](COC(=O)NCCOCCOCCOCCOCCOCCOCCOCCN1C(=O)C=CC1=O)NC(=O)N(C[C@@H]1CNC[C@@H]1F)[C@@H](c1nc(-c2cc(F)ccc2F)cn1Cc1ccccc1)C1(C)CCOCC1. The number of alkyl carbamates (subject to hydrolysis) is 1. The fourth-order valence-corrected chi connectivity index (χ4v) is 8.80. The lowest BCUT2D eigenvalue weighted by Crippen LogP contribution is -2.54. The molecule has 0 saturated carbocycles.